The van der Waals surface area contributed by atoms with Gasteiger partial charge in [0, 0.05) is 22.6 Å². The van der Waals surface area contributed by atoms with Crippen LogP contribution in [-0.2, 0) is 0 Å². The summed E-state index contributed by atoms with van der Waals surface area (Å²) in [6.45, 7) is 1.77. The van der Waals surface area contributed by atoms with E-state index in [4.69, 9.17) is 5.73 Å². The van der Waals surface area contributed by atoms with E-state index in [1.807, 2.05) is 30.0 Å². The van der Waals surface area contributed by atoms with E-state index in [1.165, 1.54) is 10.5 Å². The van der Waals surface area contributed by atoms with Crippen molar-refractivity contribution in [2.45, 2.75) is 23.8 Å². The van der Waals surface area contributed by atoms with Crippen molar-refractivity contribution in [1.29, 1.82) is 0 Å². The Bertz CT molecular complexity index is 611. The minimum Gasteiger partial charge on any atom is -0.323 e. The summed E-state index contributed by atoms with van der Waals surface area (Å²) in [5.74, 6) is 1.06. The van der Waals surface area contributed by atoms with E-state index < -0.39 is 0 Å². The lowest BCUT2D eigenvalue weighted by Gasteiger charge is -2.20. The molecule has 0 aromatic heterocycles. The summed E-state index contributed by atoms with van der Waals surface area (Å²) in [4.78, 5) is 1.30. The first kappa shape index (κ1) is 12.7. The molecule has 0 bridgehead atoms. The topological polar surface area (TPSA) is 26.0 Å². The quantitative estimate of drug-likeness (QED) is 0.894. The zero-order valence-corrected chi connectivity index (χ0v) is 11.6. The van der Waals surface area contributed by atoms with Gasteiger partial charge in [-0.1, -0.05) is 30.3 Å². The second-order valence-corrected chi connectivity index (χ2v) is 6.05. The smallest absolute Gasteiger partial charge is 0.126 e. The zero-order valence-electron chi connectivity index (χ0n) is 10.8. The van der Waals surface area contributed by atoms with Crippen molar-refractivity contribution in [3.8, 4) is 0 Å². The molecule has 0 saturated heterocycles. The Morgan fingerprint density at radius 3 is 2.84 bits per heavy atom. The normalized spacial score (nSPS) is 19.2. The number of aryl methyl sites for hydroxylation is 1. The number of hydrogen-bond acceptors (Lipinski definition) is 2. The van der Waals surface area contributed by atoms with Crippen LogP contribution in [0.4, 0.5) is 4.39 Å². The van der Waals surface area contributed by atoms with Gasteiger partial charge >= 0.3 is 0 Å². The van der Waals surface area contributed by atoms with Crippen molar-refractivity contribution in [3.05, 3.63) is 65.0 Å². The van der Waals surface area contributed by atoms with Crippen LogP contribution in [0, 0.1) is 12.7 Å². The van der Waals surface area contributed by atoms with Gasteiger partial charge in [0.1, 0.15) is 5.82 Å². The Balaban J connectivity index is 1.93. The van der Waals surface area contributed by atoms with Gasteiger partial charge in [-0.3, -0.25) is 0 Å². The van der Waals surface area contributed by atoms with E-state index in [-0.39, 0.29) is 17.8 Å². The largest absolute Gasteiger partial charge is 0.323 e. The molecule has 0 saturated carbocycles. The highest BCUT2D eigenvalue weighted by Crippen LogP contribution is 2.44. The summed E-state index contributed by atoms with van der Waals surface area (Å²) in [6, 6.07) is 13.5. The second-order valence-electron chi connectivity index (χ2n) is 4.99. The Kier molecular flexibility index (Phi) is 3.33. The molecule has 1 nitrogen and oxygen atoms in total. The first-order valence-corrected chi connectivity index (χ1v) is 7.39. The number of rotatable bonds is 2. The van der Waals surface area contributed by atoms with Gasteiger partial charge in [-0.05, 0) is 35.7 Å². The number of fused-ring (bicyclic) bond motifs is 1. The highest BCUT2D eigenvalue weighted by atomic mass is 32.2. The van der Waals surface area contributed by atoms with E-state index in [1.54, 1.807) is 19.1 Å². The van der Waals surface area contributed by atoms with Crippen molar-refractivity contribution >= 4 is 11.8 Å². The third-order valence-corrected chi connectivity index (χ3v) is 4.96. The van der Waals surface area contributed by atoms with Crippen molar-refractivity contribution in [1.82, 2.24) is 0 Å². The van der Waals surface area contributed by atoms with Crippen LogP contribution in [0.3, 0.4) is 0 Å². The van der Waals surface area contributed by atoms with Crippen LogP contribution in [-0.4, -0.2) is 5.75 Å². The Morgan fingerprint density at radius 2 is 2.05 bits per heavy atom. The van der Waals surface area contributed by atoms with Crippen LogP contribution in [0.5, 0.6) is 0 Å². The monoisotopic (exact) mass is 273 g/mol. The van der Waals surface area contributed by atoms with Gasteiger partial charge < -0.3 is 5.73 Å². The maximum atomic E-state index is 13.7. The number of halogens is 1. The fourth-order valence-electron chi connectivity index (χ4n) is 2.53. The molecule has 2 unspecified atom stereocenters. The minimum atomic E-state index is -0.174. The van der Waals surface area contributed by atoms with Gasteiger partial charge in [0.15, 0.2) is 0 Å². The average Bonchev–Trinajstić information content (AvgIpc) is 2.85. The highest BCUT2D eigenvalue weighted by Gasteiger charge is 2.29. The van der Waals surface area contributed by atoms with Crippen LogP contribution >= 0.6 is 11.8 Å². The molecule has 0 aliphatic carbocycles. The Hall–Kier alpha value is -1.32. The fraction of sp³-hybridized carbons (Fsp3) is 0.250. The molecule has 98 valence electrons. The first-order valence-electron chi connectivity index (χ1n) is 6.40. The van der Waals surface area contributed by atoms with Crippen molar-refractivity contribution < 1.29 is 4.39 Å². The lowest BCUT2D eigenvalue weighted by molar-refractivity contribution is 0.585. The van der Waals surface area contributed by atoms with E-state index in [9.17, 15) is 4.39 Å². The lowest BCUT2D eigenvalue weighted by atomic mass is 9.89. The van der Waals surface area contributed by atoms with Gasteiger partial charge in [0.05, 0.1) is 0 Å². The predicted octanol–water partition coefficient (Wildman–Crippen LogP) is 4.02. The molecule has 2 aromatic carbocycles. The van der Waals surface area contributed by atoms with Crippen LogP contribution in [0.25, 0.3) is 0 Å². The standard InChI is InChI=1S/C16H16FNS/c1-10-6-7-11(8-14(10)17)16(18)13-9-19-15-5-3-2-4-12(13)15/h2-8,13,16H,9,18H2,1H3. The SMILES string of the molecule is Cc1ccc(C(N)C2CSc3ccccc32)cc1F. The summed E-state index contributed by atoms with van der Waals surface area (Å²) in [5.41, 5.74) is 9.19. The van der Waals surface area contributed by atoms with Gasteiger partial charge in [0.2, 0.25) is 0 Å². The van der Waals surface area contributed by atoms with E-state index in [2.05, 4.69) is 12.1 Å². The maximum Gasteiger partial charge on any atom is 0.126 e. The summed E-state index contributed by atoms with van der Waals surface area (Å²) in [7, 11) is 0. The molecular weight excluding hydrogens is 257 g/mol. The summed E-state index contributed by atoms with van der Waals surface area (Å²) in [5, 5.41) is 0. The number of hydrogen-bond donors (Lipinski definition) is 1. The molecule has 2 atom stereocenters. The third-order valence-electron chi connectivity index (χ3n) is 3.75. The van der Waals surface area contributed by atoms with Gasteiger partial charge in [-0.15, -0.1) is 11.8 Å². The van der Waals surface area contributed by atoms with Crippen LogP contribution < -0.4 is 5.73 Å². The molecule has 2 aromatic rings. The van der Waals surface area contributed by atoms with Gasteiger partial charge in [-0.2, -0.15) is 0 Å². The minimum absolute atomic E-state index is 0.147. The van der Waals surface area contributed by atoms with Crippen LogP contribution in [0.15, 0.2) is 47.4 Å². The van der Waals surface area contributed by atoms with E-state index >= 15 is 0 Å². The Morgan fingerprint density at radius 1 is 1.26 bits per heavy atom. The summed E-state index contributed by atoms with van der Waals surface area (Å²) < 4.78 is 13.7. The molecule has 2 N–H and O–H groups in total. The lowest BCUT2D eigenvalue weighted by Crippen LogP contribution is -2.20. The molecule has 0 amide bonds. The highest BCUT2D eigenvalue weighted by molar-refractivity contribution is 7.99. The number of benzene rings is 2. The molecule has 0 fully saturated rings. The summed E-state index contributed by atoms with van der Waals surface area (Å²) >= 11 is 1.83. The molecule has 0 spiro atoms. The summed E-state index contributed by atoms with van der Waals surface area (Å²) in [6.07, 6.45) is 0. The first-order chi connectivity index (χ1) is 9.16. The maximum absolute atomic E-state index is 13.7. The third kappa shape index (κ3) is 2.28. The number of nitrogens with two attached hydrogens (primary N) is 1. The Labute approximate surface area is 117 Å². The van der Waals surface area contributed by atoms with Gasteiger partial charge in [-0.25, -0.2) is 4.39 Å². The van der Waals surface area contributed by atoms with E-state index in [0.29, 0.717) is 5.56 Å². The zero-order chi connectivity index (χ0) is 13.4. The fourth-order valence-corrected chi connectivity index (χ4v) is 3.84. The molecule has 1 aliphatic heterocycles. The molecule has 3 rings (SSSR count). The molecule has 19 heavy (non-hydrogen) atoms. The van der Waals surface area contributed by atoms with E-state index in [0.717, 1.165) is 11.3 Å². The molecule has 1 heterocycles. The van der Waals surface area contributed by atoms with Gasteiger partial charge in [0.25, 0.3) is 0 Å². The molecular formula is C16H16FNS. The molecule has 3 heteroatoms. The predicted molar refractivity (Wildman–Crippen MR) is 78.0 cm³/mol. The molecule has 1 aliphatic rings. The van der Waals surface area contributed by atoms with Crippen LogP contribution in [0.1, 0.15) is 28.7 Å². The average molecular weight is 273 g/mol. The van der Waals surface area contributed by atoms with Crippen molar-refractivity contribution in [2.75, 3.05) is 5.75 Å². The van der Waals surface area contributed by atoms with Crippen molar-refractivity contribution in [2.24, 2.45) is 5.73 Å². The molecule has 0 radical (unpaired) electrons. The number of thioether (sulfide) groups is 1. The van der Waals surface area contributed by atoms with Crippen molar-refractivity contribution in [3.63, 3.8) is 0 Å². The van der Waals surface area contributed by atoms with Crippen LogP contribution in [0.2, 0.25) is 0 Å². The second kappa shape index (κ2) is 4.99.